The van der Waals surface area contributed by atoms with E-state index < -0.39 is 0 Å². The molecule has 1 aromatic heterocycles. The number of benzene rings is 1. The molecular weight excluding hydrogens is 240 g/mol. The van der Waals surface area contributed by atoms with Gasteiger partial charge in [0.05, 0.1) is 11.7 Å². The van der Waals surface area contributed by atoms with Gasteiger partial charge in [-0.25, -0.2) is 0 Å². The van der Waals surface area contributed by atoms with Gasteiger partial charge in [-0.15, -0.1) is 0 Å². The average Bonchev–Trinajstić information content (AvgIpc) is 2.93. The number of aromatic nitrogens is 1. The third-order valence-electron chi connectivity index (χ3n) is 3.27. The molecule has 0 spiro atoms. The van der Waals surface area contributed by atoms with Gasteiger partial charge in [0.25, 0.3) is 0 Å². The molecule has 1 atom stereocenters. The van der Waals surface area contributed by atoms with Crippen molar-refractivity contribution in [3.8, 4) is 11.5 Å². The van der Waals surface area contributed by atoms with E-state index in [-0.39, 0.29) is 6.04 Å². The molecule has 1 aliphatic rings. The SMILES string of the molecule is CNC(Cc1ccc2c(c1)OCO2)c1ccccn1. The van der Waals surface area contributed by atoms with Gasteiger partial charge in [0, 0.05) is 6.20 Å². The van der Waals surface area contributed by atoms with Crippen molar-refractivity contribution in [2.24, 2.45) is 0 Å². The zero-order valence-corrected chi connectivity index (χ0v) is 10.8. The molecule has 0 amide bonds. The van der Waals surface area contributed by atoms with Gasteiger partial charge in [0.15, 0.2) is 11.5 Å². The lowest BCUT2D eigenvalue weighted by Crippen LogP contribution is -2.19. The summed E-state index contributed by atoms with van der Waals surface area (Å²) in [6, 6.07) is 12.2. The fourth-order valence-corrected chi connectivity index (χ4v) is 2.24. The second-order valence-electron chi connectivity index (χ2n) is 4.49. The van der Waals surface area contributed by atoms with E-state index in [1.165, 1.54) is 5.56 Å². The topological polar surface area (TPSA) is 43.4 Å². The first-order valence-corrected chi connectivity index (χ1v) is 6.33. The first-order chi connectivity index (χ1) is 9.36. The molecule has 0 saturated carbocycles. The van der Waals surface area contributed by atoms with Crippen molar-refractivity contribution in [1.82, 2.24) is 10.3 Å². The van der Waals surface area contributed by atoms with Crippen LogP contribution in [-0.4, -0.2) is 18.8 Å². The van der Waals surface area contributed by atoms with Crippen LogP contribution in [0.5, 0.6) is 11.5 Å². The Hall–Kier alpha value is -2.07. The number of hydrogen-bond donors (Lipinski definition) is 1. The van der Waals surface area contributed by atoms with E-state index >= 15 is 0 Å². The Balaban J connectivity index is 1.80. The molecule has 1 aliphatic heterocycles. The van der Waals surface area contributed by atoms with Crippen LogP contribution in [0.25, 0.3) is 0 Å². The Morgan fingerprint density at radius 2 is 2.11 bits per heavy atom. The predicted molar refractivity (Wildman–Crippen MR) is 72.3 cm³/mol. The third kappa shape index (κ3) is 2.53. The number of ether oxygens (including phenoxy) is 2. The van der Waals surface area contributed by atoms with Gasteiger partial charge in [-0.3, -0.25) is 4.98 Å². The van der Waals surface area contributed by atoms with Crippen molar-refractivity contribution in [2.45, 2.75) is 12.5 Å². The van der Waals surface area contributed by atoms with Crippen LogP contribution in [0.15, 0.2) is 42.6 Å². The Morgan fingerprint density at radius 3 is 2.89 bits per heavy atom. The molecule has 0 aliphatic carbocycles. The second-order valence-corrected chi connectivity index (χ2v) is 4.49. The molecule has 1 unspecified atom stereocenters. The summed E-state index contributed by atoms with van der Waals surface area (Å²) in [4.78, 5) is 4.40. The highest BCUT2D eigenvalue weighted by Gasteiger charge is 2.16. The monoisotopic (exact) mass is 256 g/mol. The van der Waals surface area contributed by atoms with Crippen molar-refractivity contribution in [1.29, 1.82) is 0 Å². The van der Waals surface area contributed by atoms with Gasteiger partial charge in [-0.2, -0.15) is 0 Å². The number of likely N-dealkylation sites (N-methyl/N-ethyl adjacent to an activating group) is 1. The highest BCUT2D eigenvalue weighted by atomic mass is 16.7. The minimum absolute atomic E-state index is 0.196. The summed E-state index contributed by atoms with van der Waals surface area (Å²) in [5.41, 5.74) is 2.25. The fourth-order valence-electron chi connectivity index (χ4n) is 2.24. The lowest BCUT2D eigenvalue weighted by molar-refractivity contribution is 0.174. The van der Waals surface area contributed by atoms with E-state index in [1.54, 1.807) is 0 Å². The normalized spacial score (nSPS) is 14.4. The molecule has 2 heterocycles. The standard InChI is InChI=1S/C15H16N2O2/c1-16-13(12-4-2-3-7-17-12)8-11-5-6-14-15(9-11)19-10-18-14/h2-7,9,13,16H,8,10H2,1H3. The quantitative estimate of drug-likeness (QED) is 0.911. The zero-order valence-electron chi connectivity index (χ0n) is 10.8. The van der Waals surface area contributed by atoms with Crippen molar-refractivity contribution >= 4 is 0 Å². The number of hydrogen-bond acceptors (Lipinski definition) is 4. The van der Waals surface area contributed by atoms with Crippen LogP contribution in [0.3, 0.4) is 0 Å². The lowest BCUT2D eigenvalue weighted by Gasteiger charge is -2.15. The minimum atomic E-state index is 0.196. The maximum atomic E-state index is 5.40. The van der Waals surface area contributed by atoms with E-state index in [0.29, 0.717) is 6.79 Å². The van der Waals surface area contributed by atoms with E-state index in [2.05, 4.69) is 16.4 Å². The van der Waals surface area contributed by atoms with Crippen LogP contribution in [0.4, 0.5) is 0 Å². The summed E-state index contributed by atoms with van der Waals surface area (Å²) >= 11 is 0. The van der Waals surface area contributed by atoms with Crippen molar-refractivity contribution < 1.29 is 9.47 Å². The van der Waals surface area contributed by atoms with Crippen LogP contribution < -0.4 is 14.8 Å². The molecule has 0 bridgehead atoms. The summed E-state index contributed by atoms with van der Waals surface area (Å²) in [6.45, 7) is 0.314. The number of rotatable bonds is 4. The minimum Gasteiger partial charge on any atom is -0.454 e. The Bertz CT molecular complexity index is 557. The number of fused-ring (bicyclic) bond motifs is 1. The van der Waals surface area contributed by atoms with Gasteiger partial charge in [-0.1, -0.05) is 12.1 Å². The molecule has 98 valence electrons. The van der Waals surface area contributed by atoms with E-state index in [0.717, 1.165) is 23.6 Å². The number of nitrogens with one attached hydrogen (secondary N) is 1. The third-order valence-corrected chi connectivity index (χ3v) is 3.27. The molecule has 4 nitrogen and oxygen atoms in total. The van der Waals surface area contributed by atoms with E-state index in [4.69, 9.17) is 9.47 Å². The predicted octanol–water partition coefficient (Wildman–Crippen LogP) is 2.31. The van der Waals surface area contributed by atoms with Gasteiger partial charge < -0.3 is 14.8 Å². The molecule has 1 N–H and O–H groups in total. The molecule has 19 heavy (non-hydrogen) atoms. The highest BCUT2D eigenvalue weighted by Crippen LogP contribution is 2.33. The summed E-state index contributed by atoms with van der Waals surface area (Å²) in [7, 11) is 1.95. The van der Waals surface area contributed by atoms with Crippen LogP contribution >= 0.6 is 0 Å². The molecule has 1 aromatic carbocycles. The van der Waals surface area contributed by atoms with Gasteiger partial charge >= 0.3 is 0 Å². The number of nitrogens with zero attached hydrogens (tertiary/aromatic N) is 1. The van der Waals surface area contributed by atoms with Crippen LogP contribution in [0, 0.1) is 0 Å². The van der Waals surface area contributed by atoms with Crippen LogP contribution in [-0.2, 0) is 6.42 Å². The summed E-state index contributed by atoms with van der Waals surface area (Å²) in [5.74, 6) is 1.65. The van der Waals surface area contributed by atoms with Crippen molar-refractivity contribution in [3.63, 3.8) is 0 Å². The molecule has 0 saturated heterocycles. The fraction of sp³-hybridized carbons (Fsp3) is 0.267. The van der Waals surface area contributed by atoms with E-state index in [1.807, 2.05) is 43.6 Å². The maximum absolute atomic E-state index is 5.40. The molecule has 2 aromatic rings. The zero-order chi connectivity index (χ0) is 13.1. The Labute approximate surface area is 112 Å². The summed E-state index contributed by atoms with van der Waals surface area (Å²) in [5, 5.41) is 3.30. The molecule has 0 fully saturated rings. The molecule has 3 rings (SSSR count). The largest absolute Gasteiger partial charge is 0.454 e. The maximum Gasteiger partial charge on any atom is 0.231 e. The first-order valence-electron chi connectivity index (χ1n) is 6.33. The lowest BCUT2D eigenvalue weighted by atomic mass is 10.0. The first kappa shape index (κ1) is 12.0. The second kappa shape index (κ2) is 5.28. The summed E-state index contributed by atoms with van der Waals surface area (Å²) < 4.78 is 10.7. The molecule has 0 radical (unpaired) electrons. The average molecular weight is 256 g/mol. The molecular formula is C15H16N2O2. The number of pyridine rings is 1. The molecule has 4 heteroatoms. The van der Waals surface area contributed by atoms with Crippen molar-refractivity contribution in [2.75, 3.05) is 13.8 Å². The smallest absolute Gasteiger partial charge is 0.231 e. The van der Waals surface area contributed by atoms with E-state index in [9.17, 15) is 0 Å². The van der Waals surface area contributed by atoms with Gasteiger partial charge in [0.1, 0.15) is 0 Å². The highest BCUT2D eigenvalue weighted by molar-refractivity contribution is 5.44. The van der Waals surface area contributed by atoms with Gasteiger partial charge in [-0.05, 0) is 43.3 Å². The van der Waals surface area contributed by atoms with Gasteiger partial charge in [0.2, 0.25) is 6.79 Å². The van der Waals surface area contributed by atoms with Crippen molar-refractivity contribution in [3.05, 3.63) is 53.9 Å². The van der Waals surface area contributed by atoms with Crippen LogP contribution in [0.1, 0.15) is 17.3 Å². The summed E-state index contributed by atoms with van der Waals surface area (Å²) in [6.07, 6.45) is 2.68. The van der Waals surface area contributed by atoms with Crippen LogP contribution in [0.2, 0.25) is 0 Å². The Morgan fingerprint density at radius 1 is 1.21 bits per heavy atom. The Kier molecular flexibility index (Phi) is 3.33.